The highest BCUT2D eigenvalue weighted by Gasteiger charge is 2.35. The Morgan fingerprint density at radius 1 is 1.12 bits per heavy atom. The molecule has 0 spiro atoms. The number of amides is 1. The number of anilines is 1. The third kappa shape index (κ3) is 3.49. The summed E-state index contributed by atoms with van der Waals surface area (Å²) in [6, 6.07) is 14.1. The Labute approximate surface area is 160 Å². The highest BCUT2D eigenvalue weighted by Crippen LogP contribution is 2.37. The van der Waals surface area contributed by atoms with Crippen molar-refractivity contribution < 1.29 is 19.1 Å². The van der Waals surface area contributed by atoms with E-state index in [1.807, 2.05) is 24.3 Å². The van der Waals surface area contributed by atoms with E-state index in [9.17, 15) is 9.59 Å². The van der Waals surface area contributed by atoms with Crippen LogP contribution in [0.15, 0.2) is 53.4 Å². The van der Waals surface area contributed by atoms with Gasteiger partial charge in [-0.3, -0.25) is 9.69 Å². The molecule has 0 aromatic heterocycles. The maximum atomic E-state index is 12.9. The maximum Gasteiger partial charge on any atom is 0.339 e. The van der Waals surface area contributed by atoms with Crippen LogP contribution in [0.3, 0.4) is 0 Å². The Hall–Kier alpha value is -2.64. The van der Waals surface area contributed by atoms with Gasteiger partial charge in [0.15, 0.2) is 4.32 Å². The lowest BCUT2D eigenvalue weighted by molar-refractivity contribution is -0.113. The molecule has 0 atom stereocenters. The highest BCUT2D eigenvalue weighted by atomic mass is 32.2. The van der Waals surface area contributed by atoms with Gasteiger partial charge in [-0.05, 0) is 35.9 Å². The number of hydrogen-bond acceptors (Lipinski definition) is 6. The minimum absolute atomic E-state index is 0.271. The molecule has 0 N–H and O–H groups in total. The first-order chi connectivity index (χ1) is 12.5. The van der Waals surface area contributed by atoms with Crippen LogP contribution in [0.25, 0.3) is 6.08 Å². The normalized spacial score (nSPS) is 15.5. The Kier molecular flexibility index (Phi) is 5.39. The Morgan fingerprint density at radius 3 is 2.46 bits per heavy atom. The first-order valence-corrected chi connectivity index (χ1v) is 8.87. The van der Waals surface area contributed by atoms with E-state index in [0.29, 0.717) is 14.9 Å². The predicted molar refractivity (Wildman–Crippen MR) is 106 cm³/mol. The minimum Gasteiger partial charge on any atom is -0.497 e. The molecule has 132 valence electrons. The second kappa shape index (κ2) is 7.72. The van der Waals surface area contributed by atoms with Gasteiger partial charge in [0, 0.05) is 0 Å². The van der Waals surface area contributed by atoms with Crippen LogP contribution < -0.4 is 9.64 Å². The molecule has 7 heteroatoms. The van der Waals surface area contributed by atoms with Crippen LogP contribution in [0, 0.1) is 0 Å². The Balaban J connectivity index is 1.95. The van der Waals surface area contributed by atoms with Crippen LogP contribution >= 0.6 is 24.0 Å². The van der Waals surface area contributed by atoms with E-state index in [-0.39, 0.29) is 11.5 Å². The molecule has 1 aliphatic heterocycles. The monoisotopic (exact) mass is 385 g/mol. The van der Waals surface area contributed by atoms with Gasteiger partial charge in [0.1, 0.15) is 5.75 Å². The largest absolute Gasteiger partial charge is 0.497 e. The number of ether oxygens (including phenoxy) is 2. The summed E-state index contributed by atoms with van der Waals surface area (Å²) in [6.45, 7) is 0. The fourth-order valence-corrected chi connectivity index (χ4v) is 3.76. The molecular formula is C19H15NO4S2. The molecule has 0 radical (unpaired) electrons. The Bertz CT molecular complexity index is 906. The molecule has 1 amide bonds. The van der Waals surface area contributed by atoms with Crippen LogP contribution in [-0.4, -0.2) is 30.4 Å². The van der Waals surface area contributed by atoms with Crippen LogP contribution in [0.1, 0.15) is 15.9 Å². The van der Waals surface area contributed by atoms with Gasteiger partial charge in [-0.2, -0.15) is 0 Å². The van der Waals surface area contributed by atoms with E-state index in [0.717, 1.165) is 11.3 Å². The van der Waals surface area contributed by atoms with Crippen LogP contribution in [0.5, 0.6) is 5.75 Å². The maximum absolute atomic E-state index is 12.9. The van der Waals surface area contributed by atoms with Crippen LogP contribution in [0.2, 0.25) is 0 Å². The zero-order valence-electron chi connectivity index (χ0n) is 14.1. The van der Waals surface area contributed by atoms with Crippen LogP contribution in [-0.2, 0) is 9.53 Å². The van der Waals surface area contributed by atoms with E-state index in [1.165, 1.54) is 23.8 Å². The zero-order chi connectivity index (χ0) is 18.7. The molecule has 26 heavy (non-hydrogen) atoms. The fraction of sp³-hybridized carbons (Fsp3) is 0.105. The molecule has 1 saturated heterocycles. The topological polar surface area (TPSA) is 55.8 Å². The molecular weight excluding hydrogens is 370 g/mol. The molecule has 0 aliphatic carbocycles. The standard InChI is InChI=1S/C19H15NO4S2/c1-23-13-9-7-12(8-10-13)11-16-17(21)20(19(25)26-16)15-6-4-3-5-14(15)18(22)24-2/h3-11H,1-2H3/b16-11-. The van der Waals surface area contributed by atoms with Gasteiger partial charge in [-0.1, -0.05) is 48.2 Å². The van der Waals surface area contributed by atoms with Crippen LogP contribution in [0.4, 0.5) is 5.69 Å². The molecule has 0 unspecified atom stereocenters. The summed E-state index contributed by atoms with van der Waals surface area (Å²) >= 11 is 6.56. The second-order valence-corrected chi connectivity index (χ2v) is 6.97. The molecule has 0 saturated carbocycles. The van der Waals surface area contributed by atoms with Gasteiger partial charge >= 0.3 is 5.97 Å². The van der Waals surface area contributed by atoms with Crippen molar-refractivity contribution in [3.05, 3.63) is 64.6 Å². The van der Waals surface area contributed by atoms with Crippen molar-refractivity contribution in [2.75, 3.05) is 19.1 Å². The summed E-state index contributed by atoms with van der Waals surface area (Å²) in [4.78, 5) is 26.7. The molecule has 2 aromatic rings. The molecule has 1 aliphatic rings. The van der Waals surface area contributed by atoms with Gasteiger partial charge in [-0.25, -0.2) is 4.79 Å². The quantitative estimate of drug-likeness (QED) is 0.452. The number of nitrogens with zero attached hydrogens (tertiary/aromatic N) is 1. The molecule has 1 fully saturated rings. The van der Waals surface area contributed by atoms with Gasteiger partial charge in [0.05, 0.1) is 30.4 Å². The van der Waals surface area contributed by atoms with E-state index in [4.69, 9.17) is 21.7 Å². The fourth-order valence-electron chi connectivity index (χ4n) is 2.48. The summed E-state index contributed by atoms with van der Waals surface area (Å²) in [5.74, 6) is -0.0531. The van der Waals surface area contributed by atoms with E-state index in [2.05, 4.69) is 0 Å². The molecule has 5 nitrogen and oxygen atoms in total. The molecule has 2 aromatic carbocycles. The average Bonchev–Trinajstić information content (AvgIpc) is 2.95. The smallest absolute Gasteiger partial charge is 0.339 e. The minimum atomic E-state index is -0.520. The summed E-state index contributed by atoms with van der Waals surface area (Å²) < 4.78 is 10.3. The van der Waals surface area contributed by atoms with Crippen molar-refractivity contribution in [2.24, 2.45) is 0 Å². The van der Waals surface area contributed by atoms with Gasteiger partial charge in [0.2, 0.25) is 0 Å². The SMILES string of the molecule is COC(=O)c1ccccc1N1C(=O)/C(=C/c2ccc(OC)cc2)SC1=S. The third-order valence-corrected chi connectivity index (χ3v) is 5.06. The summed E-state index contributed by atoms with van der Waals surface area (Å²) in [5.41, 5.74) is 1.56. The average molecular weight is 385 g/mol. The summed E-state index contributed by atoms with van der Waals surface area (Å²) in [5, 5.41) is 0. The summed E-state index contributed by atoms with van der Waals surface area (Å²) in [7, 11) is 2.89. The van der Waals surface area contributed by atoms with Crippen molar-refractivity contribution in [1.82, 2.24) is 0 Å². The van der Waals surface area contributed by atoms with E-state index < -0.39 is 5.97 Å². The van der Waals surface area contributed by atoms with Crippen molar-refractivity contribution in [2.45, 2.75) is 0 Å². The van der Waals surface area contributed by atoms with Crippen molar-refractivity contribution in [3.8, 4) is 5.75 Å². The number of para-hydroxylation sites is 1. The number of rotatable bonds is 4. The van der Waals surface area contributed by atoms with Gasteiger partial charge < -0.3 is 9.47 Å². The van der Waals surface area contributed by atoms with Crippen molar-refractivity contribution >= 4 is 51.9 Å². The van der Waals surface area contributed by atoms with Gasteiger partial charge in [0.25, 0.3) is 5.91 Å². The van der Waals surface area contributed by atoms with E-state index in [1.54, 1.807) is 37.5 Å². The number of methoxy groups -OCH3 is 2. The number of carbonyl (C=O) groups excluding carboxylic acids is 2. The first-order valence-electron chi connectivity index (χ1n) is 7.64. The zero-order valence-corrected chi connectivity index (χ0v) is 15.7. The summed E-state index contributed by atoms with van der Waals surface area (Å²) in [6.07, 6.45) is 1.76. The molecule has 3 rings (SSSR count). The first kappa shape index (κ1) is 18.2. The van der Waals surface area contributed by atoms with Crippen molar-refractivity contribution in [1.29, 1.82) is 0 Å². The molecule has 0 bridgehead atoms. The number of hydrogen-bond donors (Lipinski definition) is 0. The lowest BCUT2D eigenvalue weighted by Gasteiger charge is -2.17. The molecule has 1 heterocycles. The number of carbonyl (C=O) groups is 2. The Morgan fingerprint density at radius 2 is 1.81 bits per heavy atom. The highest BCUT2D eigenvalue weighted by molar-refractivity contribution is 8.27. The second-order valence-electron chi connectivity index (χ2n) is 5.30. The lowest BCUT2D eigenvalue weighted by atomic mass is 10.1. The predicted octanol–water partition coefficient (Wildman–Crippen LogP) is 3.89. The number of esters is 1. The van der Waals surface area contributed by atoms with Crippen molar-refractivity contribution in [3.63, 3.8) is 0 Å². The number of thiocarbonyl (C=S) groups is 1. The van der Waals surface area contributed by atoms with Gasteiger partial charge in [-0.15, -0.1) is 0 Å². The lowest BCUT2D eigenvalue weighted by Crippen LogP contribution is -2.29. The number of thioether (sulfide) groups is 1. The number of benzene rings is 2. The van der Waals surface area contributed by atoms with E-state index >= 15 is 0 Å². The third-order valence-electron chi connectivity index (χ3n) is 3.76.